The zero-order chi connectivity index (χ0) is 14.5. The van der Waals surface area contributed by atoms with Crippen LogP contribution in [0.1, 0.15) is 51.9 Å². The number of hydrogen-bond acceptors (Lipinski definition) is 2. The molecule has 2 amide bonds. The Kier molecular flexibility index (Phi) is 5.26. The Bertz CT molecular complexity index is 351. The lowest BCUT2D eigenvalue weighted by atomic mass is 9.93. The number of urea groups is 1. The minimum atomic E-state index is -0.783. The Labute approximate surface area is 120 Å². The van der Waals surface area contributed by atoms with Gasteiger partial charge in [0.15, 0.2) is 0 Å². The van der Waals surface area contributed by atoms with Crippen molar-refractivity contribution in [1.82, 2.24) is 10.2 Å². The number of likely N-dealkylation sites (tertiary alicyclic amines) is 1. The second-order valence-corrected chi connectivity index (χ2v) is 6.15. The maximum atomic E-state index is 12.2. The van der Waals surface area contributed by atoms with Gasteiger partial charge in [-0.2, -0.15) is 0 Å². The van der Waals surface area contributed by atoms with Crippen LogP contribution in [0.15, 0.2) is 0 Å². The Morgan fingerprint density at radius 1 is 1.20 bits per heavy atom. The lowest BCUT2D eigenvalue weighted by Gasteiger charge is -2.33. The van der Waals surface area contributed by atoms with Crippen LogP contribution >= 0.6 is 0 Å². The van der Waals surface area contributed by atoms with E-state index in [-0.39, 0.29) is 12.1 Å². The molecule has 1 saturated heterocycles. The summed E-state index contributed by atoms with van der Waals surface area (Å²) in [4.78, 5) is 25.2. The van der Waals surface area contributed by atoms with Gasteiger partial charge in [0.1, 0.15) is 0 Å². The highest BCUT2D eigenvalue weighted by Gasteiger charge is 2.35. The molecule has 2 unspecified atom stereocenters. The molecule has 1 aliphatic carbocycles. The zero-order valence-corrected chi connectivity index (χ0v) is 12.3. The molecule has 1 aliphatic heterocycles. The Morgan fingerprint density at radius 3 is 2.50 bits per heavy atom. The first kappa shape index (κ1) is 15.1. The maximum absolute atomic E-state index is 12.2. The Balaban J connectivity index is 1.79. The van der Waals surface area contributed by atoms with E-state index in [0.717, 1.165) is 44.7 Å². The first-order valence-corrected chi connectivity index (χ1v) is 7.90. The number of rotatable bonds is 4. The molecule has 20 heavy (non-hydrogen) atoms. The number of hydrogen-bond donors (Lipinski definition) is 2. The van der Waals surface area contributed by atoms with Crippen LogP contribution in [0.5, 0.6) is 0 Å². The van der Waals surface area contributed by atoms with Crippen LogP contribution in [0, 0.1) is 11.8 Å². The summed E-state index contributed by atoms with van der Waals surface area (Å²) in [6.07, 6.45) is 6.97. The number of amides is 2. The van der Waals surface area contributed by atoms with Gasteiger partial charge in [0.25, 0.3) is 0 Å². The molecule has 2 aliphatic rings. The first-order valence-electron chi connectivity index (χ1n) is 7.90. The second-order valence-electron chi connectivity index (χ2n) is 6.15. The molecule has 0 aromatic heterocycles. The SMILES string of the molecule is CCCC1CCN(C(=O)NC2CCCC2C(=O)O)CC1. The summed E-state index contributed by atoms with van der Waals surface area (Å²) >= 11 is 0. The number of aliphatic carboxylic acids is 1. The van der Waals surface area contributed by atoms with Crippen molar-refractivity contribution in [2.75, 3.05) is 13.1 Å². The highest BCUT2D eigenvalue weighted by Crippen LogP contribution is 2.27. The van der Waals surface area contributed by atoms with Crippen molar-refractivity contribution in [2.24, 2.45) is 11.8 Å². The lowest BCUT2D eigenvalue weighted by Crippen LogP contribution is -2.49. The van der Waals surface area contributed by atoms with Gasteiger partial charge in [-0.3, -0.25) is 4.79 Å². The molecular formula is C15H26N2O3. The van der Waals surface area contributed by atoms with Gasteiger partial charge < -0.3 is 15.3 Å². The van der Waals surface area contributed by atoms with E-state index >= 15 is 0 Å². The van der Waals surface area contributed by atoms with Gasteiger partial charge in [-0.1, -0.05) is 26.2 Å². The maximum Gasteiger partial charge on any atom is 0.317 e. The van der Waals surface area contributed by atoms with E-state index in [4.69, 9.17) is 5.11 Å². The molecular weight excluding hydrogens is 256 g/mol. The van der Waals surface area contributed by atoms with Gasteiger partial charge in [0.05, 0.1) is 5.92 Å². The number of carbonyl (C=O) groups excluding carboxylic acids is 1. The van der Waals surface area contributed by atoms with Crippen molar-refractivity contribution in [3.63, 3.8) is 0 Å². The van der Waals surface area contributed by atoms with E-state index in [1.807, 2.05) is 4.90 Å². The molecule has 0 radical (unpaired) electrons. The van der Waals surface area contributed by atoms with Crippen molar-refractivity contribution in [1.29, 1.82) is 0 Å². The molecule has 2 atom stereocenters. The molecule has 1 saturated carbocycles. The largest absolute Gasteiger partial charge is 0.481 e. The smallest absolute Gasteiger partial charge is 0.317 e. The number of carboxylic acids is 1. The molecule has 0 bridgehead atoms. The Hall–Kier alpha value is -1.26. The van der Waals surface area contributed by atoms with Gasteiger partial charge in [0, 0.05) is 19.1 Å². The summed E-state index contributed by atoms with van der Waals surface area (Å²) in [6.45, 7) is 3.81. The van der Waals surface area contributed by atoms with Crippen LogP contribution in [-0.2, 0) is 4.79 Å². The molecule has 2 rings (SSSR count). The normalized spacial score (nSPS) is 27.6. The third kappa shape index (κ3) is 3.64. The molecule has 114 valence electrons. The lowest BCUT2D eigenvalue weighted by molar-refractivity contribution is -0.142. The third-order valence-corrected chi connectivity index (χ3v) is 4.74. The minimum absolute atomic E-state index is 0.0712. The van der Waals surface area contributed by atoms with Crippen molar-refractivity contribution in [2.45, 2.75) is 57.9 Å². The van der Waals surface area contributed by atoms with Gasteiger partial charge in [-0.25, -0.2) is 4.79 Å². The second kappa shape index (κ2) is 6.95. The number of carbonyl (C=O) groups is 2. The monoisotopic (exact) mass is 282 g/mol. The summed E-state index contributed by atoms with van der Waals surface area (Å²) in [5.41, 5.74) is 0. The number of nitrogens with zero attached hydrogens (tertiary/aromatic N) is 1. The molecule has 1 heterocycles. The van der Waals surface area contributed by atoms with E-state index in [1.54, 1.807) is 0 Å². The van der Waals surface area contributed by atoms with Gasteiger partial charge in [0.2, 0.25) is 0 Å². The highest BCUT2D eigenvalue weighted by molar-refractivity contribution is 5.77. The van der Waals surface area contributed by atoms with Crippen LogP contribution in [0.25, 0.3) is 0 Å². The standard InChI is InChI=1S/C15H26N2O3/c1-2-4-11-7-9-17(10-8-11)15(20)16-13-6-3-5-12(13)14(18)19/h11-13H,2-10H2,1H3,(H,16,20)(H,18,19). The van der Waals surface area contributed by atoms with E-state index < -0.39 is 11.9 Å². The number of carboxylic acid groups (broad SMARTS) is 1. The molecule has 0 aromatic carbocycles. The summed E-state index contributed by atoms with van der Waals surface area (Å²) < 4.78 is 0. The fraction of sp³-hybridized carbons (Fsp3) is 0.867. The van der Waals surface area contributed by atoms with Crippen LogP contribution in [-0.4, -0.2) is 41.1 Å². The number of nitrogens with one attached hydrogen (secondary N) is 1. The predicted octanol–water partition coefficient (Wildman–Crippen LogP) is 2.46. The van der Waals surface area contributed by atoms with Crippen LogP contribution < -0.4 is 5.32 Å². The summed E-state index contributed by atoms with van der Waals surface area (Å²) in [5.74, 6) is -0.437. The topological polar surface area (TPSA) is 69.6 Å². The average molecular weight is 282 g/mol. The molecule has 5 heteroatoms. The molecule has 0 spiro atoms. The minimum Gasteiger partial charge on any atom is -0.481 e. The predicted molar refractivity (Wildman–Crippen MR) is 76.5 cm³/mol. The average Bonchev–Trinajstić information content (AvgIpc) is 2.88. The van der Waals surface area contributed by atoms with Gasteiger partial charge in [-0.05, 0) is 31.6 Å². The van der Waals surface area contributed by atoms with E-state index in [0.29, 0.717) is 6.42 Å². The van der Waals surface area contributed by atoms with E-state index in [1.165, 1.54) is 12.8 Å². The molecule has 5 nitrogen and oxygen atoms in total. The fourth-order valence-corrected chi connectivity index (χ4v) is 3.51. The summed E-state index contributed by atoms with van der Waals surface area (Å²) in [6, 6.07) is -0.258. The summed E-state index contributed by atoms with van der Waals surface area (Å²) in [7, 11) is 0. The molecule has 2 fully saturated rings. The van der Waals surface area contributed by atoms with Gasteiger partial charge >= 0.3 is 12.0 Å². The van der Waals surface area contributed by atoms with E-state index in [9.17, 15) is 9.59 Å². The summed E-state index contributed by atoms with van der Waals surface area (Å²) in [5, 5.41) is 12.1. The zero-order valence-electron chi connectivity index (χ0n) is 12.3. The van der Waals surface area contributed by atoms with E-state index in [2.05, 4.69) is 12.2 Å². The quantitative estimate of drug-likeness (QED) is 0.832. The highest BCUT2D eigenvalue weighted by atomic mass is 16.4. The van der Waals surface area contributed by atoms with Crippen molar-refractivity contribution in [3.8, 4) is 0 Å². The fourth-order valence-electron chi connectivity index (χ4n) is 3.51. The van der Waals surface area contributed by atoms with Crippen molar-refractivity contribution < 1.29 is 14.7 Å². The van der Waals surface area contributed by atoms with Crippen molar-refractivity contribution >= 4 is 12.0 Å². The van der Waals surface area contributed by atoms with Crippen LogP contribution in [0.2, 0.25) is 0 Å². The number of piperidine rings is 1. The van der Waals surface area contributed by atoms with Gasteiger partial charge in [-0.15, -0.1) is 0 Å². The third-order valence-electron chi connectivity index (χ3n) is 4.74. The Morgan fingerprint density at radius 2 is 1.90 bits per heavy atom. The molecule has 2 N–H and O–H groups in total. The van der Waals surface area contributed by atoms with Crippen molar-refractivity contribution in [3.05, 3.63) is 0 Å². The molecule has 0 aromatic rings. The van der Waals surface area contributed by atoms with Crippen LogP contribution in [0.3, 0.4) is 0 Å². The van der Waals surface area contributed by atoms with Crippen LogP contribution in [0.4, 0.5) is 4.79 Å². The first-order chi connectivity index (χ1) is 9.61.